The summed E-state index contributed by atoms with van der Waals surface area (Å²) >= 11 is 3.49. The Hall–Kier alpha value is -0.540. The Morgan fingerprint density at radius 2 is 2.29 bits per heavy atom. The number of fused-ring (bicyclic) bond motifs is 1. The number of nitrogens with one attached hydrogen (secondary N) is 1. The van der Waals surface area contributed by atoms with E-state index in [9.17, 15) is 0 Å². The third-order valence-electron chi connectivity index (χ3n) is 2.30. The van der Waals surface area contributed by atoms with Crippen molar-refractivity contribution in [3.63, 3.8) is 0 Å². The molecule has 1 aliphatic heterocycles. The van der Waals surface area contributed by atoms with Crippen LogP contribution in [0.4, 0.5) is 0 Å². The molecule has 0 aromatic heterocycles. The van der Waals surface area contributed by atoms with Crippen LogP contribution in [0.2, 0.25) is 0 Å². The van der Waals surface area contributed by atoms with Crippen molar-refractivity contribution in [2.24, 2.45) is 0 Å². The van der Waals surface area contributed by atoms with E-state index in [0.717, 1.165) is 16.8 Å². The predicted octanol–water partition coefficient (Wildman–Crippen LogP) is 2.88. The van der Waals surface area contributed by atoms with E-state index in [1.807, 2.05) is 12.1 Å². The van der Waals surface area contributed by atoms with Crippen molar-refractivity contribution in [1.82, 2.24) is 5.32 Å². The monoisotopic (exact) mass is 255 g/mol. The molecule has 14 heavy (non-hydrogen) atoms. The van der Waals surface area contributed by atoms with Gasteiger partial charge >= 0.3 is 0 Å². The molecule has 1 N–H and O–H groups in total. The van der Waals surface area contributed by atoms with Crippen molar-refractivity contribution in [2.75, 3.05) is 6.61 Å². The zero-order valence-corrected chi connectivity index (χ0v) is 9.97. The van der Waals surface area contributed by atoms with E-state index >= 15 is 0 Å². The summed E-state index contributed by atoms with van der Waals surface area (Å²) in [5, 5.41) is 3.48. The van der Waals surface area contributed by atoms with Crippen LogP contribution in [0.3, 0.4) is 0 Å². The molecule has 0 saturated carbocycles. The Balaban J connectivity index is 2.26. The number of para-hydroxylation sites is 1. The first-order valence-corrected chi connectivity index (χ1v) is 5.65. The number of benzene rings is 1. The van der Waals surface area contributed by atoms with Crippen molar-refractivity contribution >= 4 is 15.9 Å². The molecule has 1 aromatic rings. The molecule has 3 heteroatoms. The Morgan fingerprint density at radius 3 is 3.00 bits per heavy atom. The highest BCUT2D eigenvalue weighted by atomic mass is 79.9. The smallest absolute Gasteiger partial charge is 0.138 e. The first-order valence-electron chi connectivity index (χ1n) is 4.85. The van der Waals surface area contributed by atoms with Gasteiger partial charge in [-0.2, -0.15) is 0 Å². The molecule has 76 valence electrons. The van der Waals surface area contributed by atoms with Gasteiger partial charge in [0.1, 0.15) is 12.4 Å². The van der Waals surface area contributed by atoms with Crippen LogP contribution >= 0.6 is 15.9 Å². The zero-order chi connectivity index (χ0) is 10.1. The van der Waals surface area contributed by atoms with Gasteiger partial charge in [-0.05, 0) is 22.0 Å². The second kappa shape index (κ2) is 3.91. The van der Waals surface area contributed by atoms with Gasteiger partial charge in [0.25, 0.3) is 0 Å². The first-order chi connectivity index (χ1) is 6.68. The molecule has 1 heterocycles. The number of hydrogen-bond acceptors (Lipinski definition) is 2. The van der Waals surface area contributed by atoms with Crippen LogP contribution in [0.5, 0.6) is 5.75 Å². The van der Waals surface area contributed by atoms with Gasteiger partial charge in [0.2, 0.25) is 0 Å². The molecule has 1 atom stereocenters. The maximum Gasteiger partial charge on any atom is 0.138 e. The fourth-order valence-electron chi connectivity index (χ4n) is 1.75. The molecular formula is C11H14BrNO. The molecule has 0 saturated heterocycles. The fourth-order valence-corrected chi connectivity index (χ4v) is 2.24. The van der Waals surface area contributed by atoms with Gasteiger partial charge in [0.15, 0.2) is 0 Å². The second-order valence-electron chi connectivity index (χ2n) is 3.84. The molecule has 1 aromatic carbocycles. The van der Waals surface area contributed by atoms with E-state index in [0.29, 0.717) is 12.1 Å². The van der Waals surface area contributed by atoms with Gasteiger partial charge in [0, 0.05) is 11.6 Å². The fraction of sp³-hybridized carbons (Fsp3) is 0.455. The van der Waals surface area contributed by atoms with Crippen LogP contribution in [-0.2, 0) is 0 Å². The van der Waals surface area contributed by atoms with Gasteiger partial charge in [-0.3, -0.25) is 0 Å². The Morgan fingerprint density at radius 1 is 1.50 bits per heavy atom. The van der Waals surface area contributed by atoms with Gasteiger partial charge in [0.05, 0.1) is 10.5 Å². The Bertz CT molecular complexity index is 338. The summed E-state index contributed by atoms with van der Waals surface area (Å²) in [6.07, 6.45) is 0. The summed E-state index contributed by atoms with van der Waals surface area (Å²) in [6, 6.07) is 6.99. The normalized spacial score (nSPS) is 19.6. The molecule has 1 unspecified atom stereocenters. The maximum atomic E-state index is 5.63. The average Bonchev–Trinajstić information content (AvgIpc) is 2.49. The van der Waals surface area contributed by atoms with Crippen molar-refractivity contribution in [3.8, 4) is 5.75 Å². The minimum Gasteiger partial charge on any atom is -0.490 e. The van der Waals surface area contributed by atoms with E-state index in [1.54, 1.807) is 0 Å². The summed E-state index contributed by atoms with van der Waals surface area (Å²) in [7, 11) is 0. The van der Waals surface area contributed by atoms with E-state index in [2.05, 4.69) is 41.2 Å². The van der Waals surface area contributed by atoms with Gasteiger partial charge < -0.3 is 10.1 Å². The average molecular weight is 256 g/mol. The van der Waals surface area contributed by atoms with Crippen LogP contribution in [0.15, 0.2) is 22.7 Å². The topological polar surface area (TPSA) is 21.3 Å². The summed E-state index contributed by atoms with van der Waals surface area (Å²) in [4.78, 5) is 0. The van der Waals surface area contributed by atoms with E-state index in [1.165, 1.54) is 5.56 Å². The second-order valence-corrected chi connectivity index (χ2v) is 4.70. The van der Waals surface area contributed by atoms with Gasteiger partial charge in [-0.15, -0.1) is 0 Å². The van der Waals surface area contributed by atoms with Crippen LogP contribution in [0, 0.1) is 0 Å². The van der Waals surface area contributed by atoms with Crippen LogP contribution in [0.1, 0.15) is 25.5 Å². The lowest BCUT2D eigenvalue weighted by atomic mass is 10.1. The van der Waals surface area contributed by atoms with Crippen molar-refractivity contribution in [3.05, 3.63) is 28.2 Å². The summed E-state index contributed by atoms with van der Waals surface area (Å²) < 4.78 is 6.68. The molecule has 2 rings (SSSR count). The Kier molecular flexibility index (Phi) is 2.79. The van der Waals surface area contributed by atoms with E-state index in [-0.39, 0.29) is 0 Å². The standard InChI is InChI=1S/C11H14BrNO/c1-7(2)13-10-6-14-11-8(10)4-3-5-9(11)12/h3-5,7,10,13H,6H2,1-2H3. The quantitative estimate of drug-likeness (QED) is 0.878. The molecule has 2 nitrogen and oxygen atoms in total. The van der Waals surface area contributed by atoms with Gasteiger partial charge in [-0.1, -0.05) is 26.0 Å². The van der Waals surface area contributed by atoms with E-state index in [4.69, 9.17) is 4.74 Å². The summed E-state index contributed by atoms with van der Waals surface area (Å²) in [6.45, 7) is 5.03. The minimum absolute atomic E-state index is 0.336. The molecule has 0 spiro atoms. The molecular weight excluding hydrogens is 242 g/mol. The van der Waals surface area contributed by atoms with E-state index < -0.39 is 0 Å². The predicted molar refractivity (Wildman–Crippen MR) is 60.6 cm³/mol. The van der Waals surface area contributed by atoms with Gasteiger partial charge in [-0.25, -0.2) is 0 Å². The lowest BCUT2D eigenvalue weighted by molar-refractivity contribution is 0.302. The highest BCUT2D eigenvalue weighted by molar-refractivity contribution is 9.10. The summed E-state index contributed by atoms with van der Waals surface area (Å²) in [5.74, 6) is 0.991. The number of ether oxygens (including phenoxy) is 1. The highest BCUT2D eigenvalue weighted by Crippen LogP contribution is 2.38. The summed E-state index contributed by atoms with van der Waals surface area (Å²) in [5.41, 5.74) is 1.26. The lowest BCUT2D eigenvalue weighted by Crippen LogP contribution is -2.28. The minimum atomic E-state index is 0.336. The van der Waals surface area contributed by atoms with Crippen LogP contribution in [-0.4, -0.2) is 12.6 Å². The molecule has 0 bridgehead atoms. The number of rotatable bonds is 2. The van der Waals surface area contributed by atoms with Crippen LogP contribution < -0.4 is 10.1 Å². The molecule has 0 radical (unpaired) electrons. The molecule has 0 amide bonds. The molecule has 0 fully saturated rings. The van der Waals surface area contributed by atoms with Crippen molar-refractivity contribution in [2.45, 2.75) is 25.9 Å². The third-order valence-corrected chi connectivity index (χ3v) is 2.93. The van der Waals surface area contributed by atoms with Crippen LogP contribution in [0.25, 0.3) is 0 Å². The first kappa shape index (κ1) is 9.99. The highest BCUT2D eigenvalue weighted by Gasteiger charge is 2.25. The molecule has 0 aliphatic carbocycles. The molecule has 1 aliphatic rings. The largest absolute Gasteiger partial charge is 0.490 e. The number of hydrogen-bond donors (Lipinski definition) is 1. The van der Waals surface area contributed by atoms with Crippen molar-refractivity contribution < 1.29 is 4.74 Å². The van der Waals surface area contributed by atoms with Crippen molar-refractivity contribution in [1.29, 1.82) is 0 Å². The Labute approximate surface area is 92.8 Å². The third kappa shape index (κ3) is 1.79. The maximum absolute atomic E-state index is 5.63. The number of halogens is 1. The SMILES string of the molecule is CC(C)NC1COc2c(Br)cccc21. The lowest BCUT2D eigenvalue weighted by Gasteiger charge is -2.14. The zero-order valence-electron chi connectivity index (χ0n) is 8.38.